The van der Waals surface area contributed by atoms with E-state index in [0.717, 1.165) is 61.9 Å². The Morgan fingerprint density at radius 2 is 1.70 bits per heavy atom. The van der Waals surface area contributed by atoms with Crippen LogP contribution in [0.5, 0.6) is 5.75 Å². The molecular weight excluding hydrogens is 468 g/mol. The monoisotopic (exact) mass is 508 g/mol. The van der Waals surface area contributed by atoms with Gasteiger partial charge < -0.3 is 19.1 Å². The third kappa shape index (κ3) is 7.79. The number of ether oxygens (including phenoxy) is 3. The van der Waals surface area contributed by atoms with E-state index in [-0.39, 0.29) is 12.1 Å². The number of hydrogen-bond donors (Lipinski definition) is 0. The fourth-order valence-corrected chi connectivity index (χ4v) is 5.35. The van der Waals surface area contributed by atoms with Crippen LogP contribution in [-0.2, 0) is 20.9 Å². The zero-order valence-corrected chi connectivity index (χ0v) is 22.2. The summed E-state index contributed by atoms with van der Waals surface area (Å²) in [6.45, 7) is 4.37. The van der Waals surface area contributed by atoms with Crippen LogP contribution in [0.2, 0.25) is 0 Å². The van der Waals surface area contributed by atoms with Gasteiger partial charge in [-0.25, -0.2) is 4.79 Å². The van der Waals surface area contributed by atoms with Gasteiger partial charge in [0.2, 0.25) is 5.91 Å². The lowest BCUT2D eigenvalue weighted by molar-refractivity contribution is -0.133. The van der Waals surface area contributed by atoms with Crippen molar-refractivity contribution in [3.05, 3.63) is 65.2 Å². The molecule has 0 radical (unpaired) electrons. The molecule has 0 aromatic heterocycles. The van der Waals surface area contributed by atoms with Gasteiger partial charge in [-0.2, -0.15) is 0 Å². The number of piperazine rings is 1. The molecule has 2 aliphatic rings. The molecular formula is C30H40N2O5. The van der Waals surface area contributed by atoms with Gasteiger partial charge in [-0.1, -0.05) is 49.9 Å². The number of methoxy groups -OCH3 is 2. The number of nitrogens with zero attached hydrogens (tertiary/aromatic N) is 2. The highest BCUT2D eigenvalue weighted by Gasteiger charge is 2.25. The highest BCUT2D eigenvalue weighted by atomic mass is 16.5. The molecule has 37 heavy (non-hydrogen) atoms. The standard InChI is InChI=1S/C30H40N2O5/c1-35-27-9-5-8-26(20-27)28(37-22-24-10-13-25(14-11-24)30(34)36-2)21-31-16-18-32(19-17-31)29(33)15-12-23-6-3-4-7-23/h5,8-11,13-14,20,23,28H,3-4,6-7,12,15-19,21-22H2,1-2H3. The fraction of sp³-hybridized carbons (Fsp3) is 0.533. The Kier molecular flexibility index (Phi) is 9.97. The van der Waals surface area contributed by atoms with Gasteiger partial charge in [-0.3, -0.25) is 9.69 Å². The van der Waals surface area contributed by atoms with Gasteiger partial charge in [0, 0.05) is 39.1 Å². The van der Waals surface area contributed by atoms with Gasteiger partial charge in [0.05, 0.1) is 32.5 Å². The van der Waals surface area contributed by atoms with Gasteiger partial charge in [-0.05, 0) is 47.7 Å². The highest BCUT2D eigenvalue weighted by molar-refractivity contribution is 5.89. The predicted molar refractivity (Wildman–Crippen MR) is 143 cm³/mol. The molecule has 1 saturated heterocycles. The second kappa shape index (κ2) is 13.6. The summed E-state index contributed by atoms with van der Waals surface area (Å²) in [5, 5.41) is 0. The van der Waals surface area contributed by atoms with Crippen molar-refractivity contribution in [1.29, 1.82) is 0 Å². The lowest BCUT2D eigenvalue weighted by Crippen LogP contribution is -2.49. The summed E-state index contributed by atoms with van der Waals surface area (Å²) in [5.74, 6) is 1.51. The third-order valence-corrected chi connectivity index (χ3v) is 7.68. The predicted octanol–water partition coefficient (Wildman–Crippen LogP) is 4.85. The summed E-state index contributed by atoms with van der Waals surface area (Å²) >= 11 is 0. The first-order valence-electron chi connectivity index (χ1n) is 13.5. The van der Waals surface area contributed by atoms with Crippen LogP contribution in [-0.4, -0.2) is 68.6 Å². The largest absolute Gasteiger partial charge is 0.497 e. The molecule has 1 heterocycles. The second-order valence-corrected chi connectivity index (χ2v) is 10.1. The summed E-state index contributed by atoms with van der Waals surface area (Å²) in [5.41, 5.74) is 2.56. The molecule has 0 spiro atoms. The minimum Gasteiger partial charge on any atom is -0.497 e. The molecule has 4 rings (SSSR count). The smallest absolute Gasteiger partial charge is 0.337 e. The Morgan fingerprint density at radius 3 is 2.38 bits per heavy atom. The second-order valence-electron chi connectivity index (χ2n) is 10.1. The van der Waals surface area contributed by atoms with Gasteiger partial charge in [0.15, 0.2) is 0 Å². The Bertz CT molecular complexity index is 1010. The highest BCUT2D eigenvalue weighted by Crippen LogP contribution is 2.29. The summed E-state index contributed by atoms with van der Waals surface area (Å²) in [6.07, 6.45) is 6.82. The molecule has 1 amide bonds. The zero-order chi connectivity index (χ0) is 26.0. The lowest BCUT2D eigenvalue weighted by Gasteiger charge is -2.36. The van der Waals surface area contributed by atoms with Crippen molar-refractivity contribution in [3.63, 3.8) is 0 Å². The first-order chi connectivity index (χ1) is 18.1. The minimum atomic E-state index is -0.349. The Balaban J connectivity index is 1.33. The molecule has 200 valence electrons. The van der Waals surface area contributed by atoms with Crippen molar-refractivity contribution in [1.82, 2.24) is 9.80 Å². The number of esters is 1. The van der Waals surface area contributed by atoms with Crippen LogP contribution in [0.15, 0.2) is 48.5 Å². The SMILES string of the molecule is COC(=O)c1ccc(COC(CN2CCN(C(=O)CCC3CCCC3)CC2)c2cccc(OC)c2)cc1. The van der Waals surface area contributed by atoms with Crippen LogP contribution in [0.4, 0.5) is 0 Å². The fourth-order valence-electron chi connectivity index (χ4n) is 5.35. The molecule has 2 fully saturated rings. The average Bonchev–Trinajstić information content (AvgIpc) is 3.48. The maximum atomic E-state index is 12.8. The molecule has 0 N–H and O–H groups in total. The maximum Gasteiger partial charge on any atom is 0.337 e. The number of carbonyl (C=O) groups excluding carboxylic acids is 2. The van der Waals surface area contributed by atoms with E-state index < -0.39 is 0 Å². The summed E-state index contributed by atoms with van der Waals surface area (Å²) in [4.78, 5) is 28.9. The van der Waals surface area contributed by atoms with E-state index in [2.05, 4.69) is 11.0 Å². The van der Waals surface area contributed by atoms with Crippen LogP contribution in [0.1, 0.15) is 66.1 Å². The average molecular weight is 509 g/mol. The molecule has 7 nitrogen and oxygen atoms in total. The zero-order valence-electron chi connectivity index (χ0n) is 22.2. The van der Waals surface area contributed by atoms with Gasteiger partial charge in [0.1, 0.15) is 5.75 Å². The molecule has 1 aliphatic heterocycles. The maximum absolute atomic E-state index is 12.8. The molecule has 1 aliphatic carbocycles. The third-order valence-electron chi connectivity index (χ3n) is 7.68. The number of amides is 1. The molecule has 2 aromatic carbocycles. The van der Waals surface area contributed by atoms with Crippen molar-refractivity contribution >= 4 is 11.9 Å². The molecule has 1 unspecified atom stereocenters. The molecule has 0 bridgehead atoms. The van der Waals surface area contributed by atoms with Crippen molar-refractivity contribution in [2.45, 2.75) is 51.2 Å². The lowest BCUT2D eigenvalue weighted by atomic mass is 10.0. The van der Waals surface area contributed by atoms with Crippen molar-refractivity contribution in [2.24, 2.45) is 5.92 Å². The molecule has 1 saturated carbocycles. The number of hydrogen-bond acceptors (Lipinski definition) is 6. The first kappa shape index (κ1) is 27.1. The molecule has 1 atom stereocenters. The number of rotatable bonds is 11. The van der Waals surface area contributed by atoms with Gasteiger partial charge in [-0.15, -0.1) is 0 Å². The Hall–Kier alpha value is -2.90. The van der Waals surface area contributed by atoms with E-state index in [9.17, 15) is 9.59 Å². The molecule has 2 aromatic rings. The van der Waals surface area contributed by atoms with E-state index >= 15 is 0 Å². The van der Waals surface area contributed by atoms with Crippen LogP contribution < -0.4 is 4.74 Å². The quantitative estimate of drug-likeness (QED) is 0.404. The van der Waals surface area contributed by atoms with E-state index in [0.29, 0.717) is 24.5 Å². The Labute approximate surface area is 220 Å². The van der Waals surface area contributed by atoms with Crippen molar-refractivity contribution in [2.75, 3.05) is 46.9 Å². The van der Waals surface area contributed by atoms with E-state index in [1.165, 1.54) is 32.8 Å². The van der Waals surface area contributed by atoms with E-state index in [1.54, 1.807) is 19.2 Å². The van der Waals surface area contributed by atoms with Crippen LogP contribution in [0.3, 0.4) is 0 Å². The van der Waals surface area contributed by atoms with Crippen LogP contribution in [0, 0.1) is 5.92 Å². The topological polar surface area (TPSA) is 68.3 Å². The molecule has 7 heteroatoms. The number of carbonyl (C=O) groups is 2. The summed E-state index contributed by atoms with van der Waals surface area (Å²) < 4.78 is 16.7. The van der Waals surface area contributed by atoms with Crippen LogP contribution in [0.25, 0.3) is 0 Å². The van der Waals surface area contributed by atoms with E-state index in [1.807, 2.05) is 35.2 Å². The van der Waals surface area contributed by atoms with E-state index in [4.69, 9.17) is 14.2 Å². The first-order valence-corrected chi connectivity index (χ1v) is 13.5. The minimum absolute atomic E-state index is 0.153. The summed E-state index contributed by atoms with van der Waals surface area (Å²) in [6, 6.07) is 15.3. The summed E-state index contributed by atoms with van der Waals surface area (Å²) in [7, 11) is 3.05. The van der Waals surface area contributed by atoms with Crippen molar-refractivity contribution in [3.8, 4) is 5.75 Å². The van der Waals surface area contributed by atoms with Gasteiger partial charge >= 0.3 is 5.97 Å². The van der Waals surface area contributed by atoms with Crippen molar-refractivity contribution < 1.29 is 23.8 Å². The Morgan fingerprint density at radius 1 is 0.973 bits per heavy atom. The van der Waals surface area contributed by atoms with Gasteiger partial charge in [0.25, 0.3) is 0 Å². The number of benzene rings is 2. The normalized spacial score (nSPS) is 17.5. The van der Waals surface area contributed by atoms with Crippen LogP contribution >= 0.6 is 0 Å².